The molecular formula is C15H27NO3. The zero-order valence-corrected chi connectivity index (χ0v) is 12.6. The van der Waals surface area contributed by atoms with Crippen LogP contribution in [0.3, 0.4) is 0 Å². The number of nitrogens with one attached hydrogen (secondary N) is 1. The van der Waals surface area contributed by atoms with Crippen molar-refractivity contribution in [3.05, 3.63) is 23.7 Å². The van der Waals surface area contributed by atoms with E-state index in [9.17, 15) is 0 Å². The molecule has 0 unspecified atom stereocenters. The Hall–Kier alpha value is -0.840. The first-order chi connectivity index (χ1) is 9.08. The minimum absolute atomic E-state index is 0.255. The van der Waals surface area contributed by atoms with Gasteiger partial charge in [-0.3, -0.25) is 0 Å². The van der Waals surface area contributed by atoms with Crippen molar-refractivity contribution in [1.82, 2.24) is 5.32 Å². The number of rotatable bonds is 10. The topological polar surface area (TPSA) is 43.6 Å². The maximum absolute atomic E-state index is 5.49. The Morgan fingerprint density at radius 3 is 2.68 bits per heavy atom. The largest absolute Gasteiger partial charge is 0.467 e. The lowest BCUT2D eigenvalue weighted by atomic mass is 10.2. The molecule has 0 amide bonds. The van der Waals surface area contributed by atoms with Gasteiger partial charge in [-0.1, -0.05) is 13.8 Å². The van der Waals surface area contributed by atoms with Crippen molar-refractivity contribution in [1.29, 1.82) is 0 Å². The van der Waals surface area contributed by atoms with Gasteiger partial charge in [0.05, 0.1) is 25.6 Å². The monoisotopic (exact) mass is 269 g/mol. The number of ether oxygens (including phenoxy) is 2. The van der Waals surface area contributed by atoms with Crippen LogP contribution in [-0.4, -0.2) is 25.9 Å². The molecule has 1 aromatic rings. The summed E-state index contributed by atoms with van der Waals surface area (Å²) in [6, 6.07) is 2.04. The van der Waals surface area contributed by atoms with Crippen molar-refractivity contribution in [2.24, 2.45) is 5.92 Å². The van der Waals surface area contributed by atoms with Crippen molar-refractivity contribution in [2.45, 2.75) is 47.0 Å². The fourth-order valence-corrected chi connectivity index (χ4v) is 1.62. The SMILES string of the molecule is CC(C)CNCc1coc(COCCOC(C)C)c1. The summed E-state index contributed by atoms with van der Waals surface area (Å²) in [5.41, 5.74) is 1.16. The molecule has 0 bridgehead atoms. The summed E-state index contributed by atoms with van der Waals surface area (Å²) in [6.45, 7) is 12.0. The van der Waals surface area contributed by atoms with E-state index >= 15 is 0 Å². The summed E-state index contributed by atoms with van der Waals surface area (Å²) >= 11 is 0. The van der Waals surface area contributed by atoms with Gasteiger partial charge in [-0.05, 0) is 32.4 Å². The molecule has 19 heavy (non-hydrogen) atoms. The van der Waals surface area contributed by atoms with Gasteiger partial charge in [0.25, 0.3) is 0 Å². The molecule has 4 heteroatoms. The van der Waals surface area contributed by atoms with Gasteiger partial charge in [0.2, 0.25) is 0 Å². The minimum Gasteiger partial charge on any atom is -0.467 e. The highest BCUT2D eigenvalue weighted by Crippen LogP contribution is 2.09. The van der Waals surface area contributed by atoms with Crippen LogP contribution >= 0.6 is 0 Å². The maximum Gasteiger partial charge on any atom is 0.129 e. The van der Waals surface area contributed by atoms with Crippen LogP contribution in [0.5, 0.6) is 0 Å². The van der Waals surface area contributed by atoms with Crippen LogP contribution in [0.1, 0.15) is 39.0 Å². The summed E-state index contributed by atoms with van der Waals surface area (Å²) in [5.74, 6) is 1.53. The molecule has 1 heterocycles. The van der Waals surface area contributed by atoms with E-state index < -0.39 is 0 Å². The highest BCUT2D eigenvalue weighted by atomic mass is 16.5. The van der Waals surface area contributed by atoms with Gasteiger partial charge >= 0.3 is 0 Å². The number of furan rings is 1. The molecule has 4 nitrogen and oxygen atoms in total. The molecule has 0 fully saturated rings. The average molecular weight is 269 g/mol. The Balaban J connectivity index is 2.12. The van der Waals surface area contributed by atoms with Gasteiger partial charge in [0.1, 0.15) is 12.4 Å². The molecule has 0 radical (unpaired) electrons. The summed E-state index contributed by atoms with van der Waals surface area (Å²) in [7, 11) is 0. The highest BCUT2D eigenvalue weighted by molar-refractivity contribution is 5.11. The van der Waals surface area contributed by atoms with Crippen LogP contribution in [0.4, 0.5) is 0 Å². The van der Waals surface area contributed by atoms with E-state index in [0.717, 1.165) is 24.4 Å². The zero-order valence-electron chi connectivity index (χ0n) is 12.6. The third kappa shape index (κ3) is 8.03. The van der Waals surface area contributed by atoms with E-state index in [1.807, 2.05) is 19.9 Å². The van der Waals surface area contributed by atoms with Gasteiger partial charge in [-0.15, -0.1) is 0 Å². The molecule has 0 aliphatic heterocycles. The Morgan fingerprint density at radius 1 is 1.21 bits per heavy atom. The average Bonchev–Trinajstić information content (AvgIpc) is 2.76. The van der Waals surface area contributed by atoms with Gasteiger partial charge in [0, 0.05) is 12.1 Å². The molecule has 0 spiro atoms. The standard InChI is InChI=1S/C15H27NO3/c1-12(2)8-16-9-14-7-15(19-10-14)11-17-5-6-18-13(3)4/h7,10,12-13,16H,5-6,8-9,11H2,1-4H3. The number of hydrogen-bond acceptors (Lipinski definition) is 4. The van der Waals surface area contributed by atoms with Crippen molar-refractivity contribution in [3.63, 3.8) is 0 Å². The second kappa shape index (κ2) is 9.13. The normalized spacial score (nSPS) is 11.7. The van der Waals surface area contributed by atoms with Crippen LogP contribution in [0, 0.1) is 5.92 Å². The van der Waals surface area contributed by atoms with E-state index in [0.29, 0.717) is 25.7 Å². The lowest BCUT2D eigenvalue weighted by Gasteiger charge is -2.07. The van der Waals surface area contributed by atoms with Crippen molar-refractivity contribution in [2.75, 3.05) is 19.8 Å². The summed E-state index contributed by atoms with van der Waals surface area (Å²) in [4.78, 5) is 0. The fourth-order valence-electron chi connectivity index (χ4n) is 1.62. The Labute approximate surface area is 116 Å². The smallest absolute Gasteiger partial charge is 0.129 e. The van der Waals surface area contributed by atoms with Gasteiger partial charge in [-0.2, -0.15) is 0 Å². The van der Waals surface area contributed by atoms with Gasteiger partial charge in [0.15, 0.2) is 0 Å². The van der Waals surface area contributed by atoms with Gasteiger partial charge in [-0.25, -0.2) is 0 Å². The third-order valence-corrected chi connectivity index (χ3v) is 2.51. The van der Waals surface area contributed by atoms with Gasteiger partial charge < -0.3 is 19.2 Å². The lowest BCUT2D eigenvalue weighted by molar-refractivity contribution is 0.0104. The first kappa shape index (κ1) is 16.2. The molecule has 0 aliphatic carbocycles. The van der Waals surface area contributed by atoms with Crippen molar-refractivity contribution >= 4 is 0 Å². The second-order valence-electron chi connectivity index (χ2n) is 5.42. The lowest BCUT2D eigenvalue weighted by Crippen LogP contribution is -2.18. The van der Waals surface area contributed by atoms with E-state index in [1.54, 1.807) is 6.26 Å². The van der Waals surface area contributed by atoms with Crippen LogP contribution < -0.4 is 5.32 Å². The van der Waals surface area contributed by atoms with Crippen molar-refractivity contribution < 1.29 is 13.9 Å². The molecule has 0 saturated heterocycles. The summed E-state index contributed by atoms with van der Waals surface area (Å²) in [5, 5.41) is 3.38. The molecule has 0 aromatic carbocycles. The van der Waals surface area contributed by atoms with Crippen LogP contribution in [0.15, 0.2) is 16.7 Å². The zero-order chi connectivity index (χ0) is 14.1. The molecular weight excluding hydrogens is 242 g/mol. The molecule has 1 rings (SSSR count). The predicted octanol–water partition coefficient (Wildman–Crippen LogP) is 2.97. The van der Waals surface area contributed by atoms with Crippen LogP contribution in [-0.2, 0) is 22.6 Å². The van der Waals surface area contributed by atoms with Crippen LogP contribution in [0.2, 0.25) is 0 Å². The molecule has 1 aromatic heterocycles. The van der Waals surface area contributed by atoms with Crippen molar-refractivity contribution in [3.8, 4) is 0 Å². The number of hydrogen-bond donors (Lipinski definition) is 1. The Bertz CT molecular complexity index is 334. The quantitative estimate of drug-likeness (QED) is 0.663. The van der Waals surface area contributed by atoms with E-state index in [4.69, 9.17) is 13.9 Å². The summed E-state index contributed by atoms with van der Waals surface area (Å²) < 4.78 is 16.3. The minimum atomic E-state index is 0.255. The molecule has 0 aliphatic rings. The van der Waals surface area contributed by atoms with E-state index in [1.165, 1.54) is 0 Å². The third-order valence-electron chi connectivity index (χ3n) is 2.51. The maximum atomic E-state index is 5.49. The molecule has 0 atom stereocenters. The highest BCUT2D eigenvalue weighted by Gasteiger charge is 2.02. The summed E-state index contributed by atoms with van der Waals surface area (Å²) in [6.07, 6.45) is 2.04. The molecule has 110 valence electrons. The van der Waals surface area contributed by atoms with Crippen LogP contribution in [0.25, 0.3) is 0 Å². The van der Waals surface area contributed by atoms with E-state index in [2.05, 4.69) is 19.2 Å². The molecule has 1 N–H and O–H groups in total. The first-order valence-electron chi connectivity index (χ1n) is 7.04. The molecule has 0 saturated carbocycles. The second-order valence-corrected chi connectivity index (χ2v) is 5.42. The first-order valence-corrected chi connectivity index (χ1v) is 7.04. The van der Waals surface area contributed by atoms with E-state index in [-0.39, 0.29) is 6.10 Å². The Kier molecular flexibility index (Phi) is 7.79. The Morgan fingerprint density at radius 2 is 2.00 bits per heavy atom. The fraction of sp³-hybridized carbons (Fsp3) is 0.733. The predicted molar refractivity (Wildman–Crippen MR) is 76.0 cm³/mol.